The Morgan fingerprint density at radius 1 is 1.30 bits per heavy atom. The molecular formula is C16H24N2O2. The fourth-order valence-electron chi connectivity index (χ4n) is 2.79. The van der Waals surface area contributed by atoms with Crippen LogP contribution in [0.4, 0.5) is 0 Å². The van der Waals surface area contributed by atoms with E-state index in [0.29, 0.717) is 25.5 Å². The van der Waals surface area contributed by atoms with Gasteiger partial charge >= 0.3 is 0 Å². The second kappa shape index (κ2) is 7.90. The van der Waals surface area contributed by atoms with Gasteiger partial charge in [-0.15, -0.1) is 0 Å². The van der Waals surface area contributed by atoms with Crippen molar-refractivity contribution in [3.05, 3.63) is 30.3 Å². The van der Waals surface area contributed by atoms with Crippen LogP contribution in [0.3, 0.4) is 0 Å². The number of benzene rings is 1. The van der Waals surface area contributed by atoms with E-state index in [9.17, 15) is 4.79 Å². The summed E-state index contributed by atoms with van der Waals surface area (Å²) >= 11 is 0. The highest BCUT2D eigenvalue weighted by atomic mass is 16.5. The summed E-state index contributed by atoms with van der Waals surface area (Å²) < 4.78 is 5.53. The zero-order chi connectivity index (χ0) is 14.2. The van der Waals surface area contributed by atoms with Crippen molar-refractivity contribution < 1.29 is 9.53 Å². The molecular weight excluding hydrogens is 252 g/mol. The Labute approximate surface area is 120 Å². The molecule has 0 heterocycles. The first-order valence-electron chi connectivity index (χ1n) is 7.47. The molecule has 0 bridgehead atoms. The van der Waals surface area contributed by atoms with Crippen molar-refractivity contribution in [1.82, 2.24) is 5.32 Å². The number of hydrogen-bond donors (Lipinski definition) is 2. The minimum absolute atomic E-state index is 0.0308. The molecule has 1 unspecified atom stereocenters. The van der Waals surface area contributed by atoms with Crippen LogP contribution in [0.2, 0.25) is 0 Å². The van der Waals surface area contributed by atoms with Crippen LogP contribution < -0.4 is 15.8 Å². The summed E-state index contributed by atoms with van der Waals surface area (Å²) in [5.74, 6) is 1.38. The molecule has 1 atom stereocenters. The van der Waals surface area contributed by atoms with Gasteiger partial charge in [0.15, 0.2) is 0 Å². The maximum absolute atomic E-state index is 11.9. The molecule has 4 heteroatoms. The summed E-state index contributed by atoms with van der Waals surface area (Å²) in [5, 5.41) is 3.05. The summed E-state index contributed by atoms with van der Waals surface area (Å²) in [7, 11) is 0. The first-order valence-corrected chi connectivity index (χ1v) is 7.47. The van der Waals surface area contributed by atoms with Gasteiger partial charge in [-0.2, -0.15) is 0 Å². The lowest BCUT2D eigenvalue weighted by molar-refractivity contribution is -0.122. The highest BCUT2D eigenvalue weighted by molar-refractivity contribution is 5.76. The molecule has 0 spiro atoms. The maximum atomic E-state index is 11.9. The Balaban J connectivity index is 1.69. The van der Waals surface area contributed by atoms with Crippen LogP contribution in [-0.4, -0.2) is 25.1 Å². The Hall–Kier alpha value is -1.55. The molecule has 1 aromatic carbocycles. The van der Waals surface area contributed by atoms with Crippen molar-refractivity contribution in [3.63, 3.8) is 0 Å². The van der Waals surface area contributed by atoms with E-state index >= 15 is 0 Å². The normalized spacial score (nSPS) is 16.9. The molecule has 1 aliphatic carbocycles. The molecule has 1 amide bonds. The lowest BCUT2D eigenvalue weighted by Gasteiger charge is -2.23. The number of ether oxygens (including phenoxy) is 1. The molecule has 1 saturated carbocycles. The van der Waals surface area contributed by atoms with Crippen LogP contribution in [0.5, 0.6) is 5.75 Å². The van der Waals surface area contributed by atoms with Gasteiger partial charge in [0.2, 0.25) is 5.91 Å². The Morgan fingerprint density at radius 2 is 2.00 bits per heavy atom. The first-order chi connectivity index (χ1) is 9.79. The smallest absolute Gasteiger partial charge is 0.223 e. The molecule has 3 N–H and O–H groups in total. The molecule has 110 valence electrons. The van der Waals surface area contributed by atoms with Crippen molar-refractivity contribution in [2.75, 3.05) is 13.2 Å². The third-order valence-corrected chi connectivity index (χ3v) is 3.91. The molecule has 20 heavy (non-hydrogen) atoms. The fraction of sp³-hybridized carbons (Fsp3) is 0.562. The van der Waals surface area contributed by atoms with Crippen LogP contribution in [-0.2, 0) is 4.79 Å². The van der Waals surface area contributed by atoms with E-state index in [-0.39, 0.29) is 11.9 Å². The van der Waals surface area contributed by atoms with E-state index in [1.807, 2.05) is 30.3 Å². The van der Waals surface area contributed by atoms with Crippen LogP contribution in [0.15, 0.2) is 30.3 Å². The number of nitrogens with two attached hydrogens (primary N) is 1. The number of carbonyl (C=O) groups excluding carboxylic acids is 1. The molecule has 0 radical (unpaired) electrons. The monoisotopic (exact) mass is 276 g/mol. The minimum Gasteiger partial charge on any atom is -0.493 e. The summed E-state index contributed by atoms with van der Waals surface area (Å²) in [4.78, 5) is 11.9. The number of amides is 1. The number of nitrogens with one attached hydrogen (secondary N) is 1. The van der Waals surface area contributed by atoms with Gasteiger partial charge in [0.25, 0.3) is 0 Å². The largest absolute Gasteiger partial charge is 0.493 e. The predicted molar refractivity (Wildman–Crippen MR) is 79.5 cm³/mol. The molecule has 0 aliphatic heterocycles. The van der Waals surface area contributed by atoms with E-state index in [0.717, 1.165) is 5.75 Å². The van der Waals surface area contributed by atoms with E-state index in [1.165, 1.54) is 25.7 Å². The average molecular weight is 276 g/mol. The number of carbonyl (C=O) groups is 1. The van der Waals surface area contributed by atoms with Crippen LogP contribution in [0, 0.1) is 5.92 Å². The summed E-state index contributed by atoms with van der Waals surface area (Å²) in [5.41, 5.74) is 5.77. The van der Waals surface area contributed by atoms with Crippen LogP contribution in [0.1, 0.15) is 32.1 Å². The second-order valence-corrected chi connectivity index (χ2v) is 5.37. The number of rotatable bonds is 7. The third-order valence-electron chi connectivity index (χ3n) is 3.91. The van der Waals surface area contributed by atoms with Crippen molar-refractivity contribution in [3.8, 4) is 5.75 Å². The van der Waals surface area contributed by atoms with Gasteiger partial charge in [0.05, 0.1) is 13.0 Å². The zero-order valence-electron chi connectivity index (χ0n) is 11.9. The minimum atomic E-state index is 0.0308. The lowest BCUT2D eigenvalue weighted by Crippen LogP contribution is -2.44. The first kappa shape index (κ1) is 14.9. The predicted octanol–water partition coefficient (Wildman–Crippen LogP) is 2.09. The van der Waals surface area contributed by atoms with E-state index in [4.69, 9.17) is 10.5 Å². The summed E-state index contributed by atoms with van der Waals surface area (Å²) in [6, 6.07) is 9.67. The molecule has 1 aliphatic rings. The van der Waals surface area contributed by atoms with Crippen molar-refractivity contribution >= 4 is 5.91 Å². The van der Waals surface area contributed by atoms with E-state index in [1.54, 1.807) is 0 Å². The van der Waals surface area contributed by atoms with Gasteiger partial charge < -0.3 is 15.8 Å². The van der Waals surface area contributed by atoms with Gasteiger partial charge in [0.1, 0.15) is 5.75 Å². The number of hydrogen-bond acceptors (Lipinski definition) is 3. The summed E-state index contributed by atoms with van der Waals surface area (Å²) in [6.45, 7) is 0.924. The molecule has 2 rings (SSSR count). The summed E-state index contributed by atoms with van der Waals surface area (Å²) in [6.07, 6.45) is 5.26. The van der Waals surface area contributed by atoms with Gasteiger partial charge in [-0.25, -0.2) is 0 Å². The molecule has 0 aromatic heterocycles. The van der Waals surface area contributed by atoms with Crippen LogP contribution >= 0.6 is 0 Å². The third kappa shape index (κ3) is 4.53. The van der Waals surface area contributed by atoms with Crippen molar-refractivity contribution in [1.29, 1.82) is 0 Å². The fourth-order valence-corrected chi connectivity index (χ4v) is 2.79. The molecule has 4 nitrogen and oxygen atoms in total. The van der Waals surface area contributed by atoms with Crippen molar-refractivity contribution in [2.24, 2.45) is 11.7 Å². The maximum Gasteiger partial charge on any atom is 0.223 e. The van der Waals surface area contributed by atoms with E-state index in [2.05, 4.69) is 5.32 Å². The average Bonchev–Trinajstić information content (AvgIpc) is 3.00. The topological polar surface area (TPSA) is 64.3 Å². The number of para-hydroxylation sites is 1. The standard InChI is InChI=1S/C16H24N2O2/c17-12-15(13-6-4-5-7-13)18-16(19)10-11-20-14-8-2-1-3-9-14/h1-3,8-9,13,15H,4-7,10-12,17H2,(H,18,19). The van der Waals surface area contributed by atoms with Gasteiger partial charge in [-0.3, -0.25) is 4.79 Å². The quantitative estimate of drug-likeness (QED) is 0.801. The van der Waals surface area contributed by atoms with Gasteiger partial charge in [0, 0.05) is 12.6 Å². The SMILES string of the molecule is NCC(NC(=O)CCOc1ccccc1)C1CCCC1. The molecule has 0 saturated heterocycles. The highest BCUT2D eigenvalue weighted by Gasteiger charge is 2.24. The van der Waals surface area contributed by atoms with Gasteiger partial charge in [-0.05, 0) is 30.9 Å². The molecule has 1 fully saturated rings. The second-order valence-electron chi connectivity index (χ2n) is 5.37. The van der Waals surface area contributed by atoms with Gasteiger partial charge in [-0.1, -0.05) is 31.0 Å². The van der Waals surface area contributed by atoms with Crippen LogP contribution in [0.25, 0.3) is 0 Å². The highest BCUT2D eigenvalue weighted by Crippen LogP contribution is 2.27. The Kier molecular flexibility index (Phi) is 5.87. The Morgan fingerprint density at radius 3 is 2.65 bits per heavy atom. The van der Waals surface area contributed by atoms with E-state index < -0.39 is 0 Å². The van der Waals surface area contributed by atoms with Crippen molar-refractivity contribution in [2.45, 2.75) is 38.1 Å². The zero-order valence-corrected chi connectivity index (χ0v) is 11.9. The Bertz CT molecular complexity index is 402. The lowest BCUT2D eigenvalue weighted by atomic mass is 9.98. The molecule has 1 aromatic rings.